The van der Waals surface area contributed by atoms with Crippen molar-refractivity contribution in [3.63, 3.8) is 0 Å². The Morgan fingerprint density at radius 3 is 2.88 bits per heavy atom. The fraction of sp³-hybridized carbons (Fsp3) is 0.615. The number of carbonyl (C=O) groups excluding carboxylic acids is 1. The molecular formula is C13H20N2OS. The van der Waals surface area contributed by atoms with Gasteiger partial charge in [-0.3, -0.25) is 4.79 Å². The molecule has 0 unspecified atom stereocenters. The molecule has 1 amide bonds. The molecule has 1 heterocycles. The molecule has 1 aliphatic carbocycles. The molecule has 0 spiro atoms. The minimum absolute atomic E-state index is 0.0183. The van der Waals surface area contributed by atoms with Crippen molar-refractivity contribution >= 4 is 17.2 Å². The predicted molar refractivity (Wildman–Crippen MR) is 70.8 cm³/mol. The zero-order valence-corrected chi connectivity index (χ0v) is 11.1. The lowest BCUT2D eigenvalue weighted by Crippen LogP contribution is -2.44. The third-order valence-electron chi connectivity index (χ3n) is 3.47. The number of rotatable bonds is 4. The van der Waals surface area contributed by atoms with Crippen LogP contribution in [0.25, 0.3) is 0 Å². The first-order valence-electron chi connectivity index (χ1n) is 6.25. The van der Waals surface area contributed by atoms with Crippen LogP contribution in [-0.4, -0.2) is 11.9 Å². The van der Waals surface area contributed by atoms with Gasteiger partial charge in [0, 0.05) is 22.3 Å². The van der Waals surface area contributed by atoms with Gasteiger partial charge in [-0.25, -0.2) is 0 Å². The van der Waals surface area contributed by atoms with Crippen LogP contribution in [0.2, 0.25) is 0 Å². The lowest BCUT2D eigenvalue weighted by Gasteiger charge is -2.30. The molecular weight excluding hydrogens is 232 g/mol. The van der Waals surface area contributed by atoms with Gasteiger partial charge in [0.2, 0.25) is 5.91 Å². The normalized spacial score (nSPS) is 24.8. The molecule has 1 aromatic heterocycles. The monoisotopic (exact) mass is 252 g/mol. The molecule has 0 saturated heterocycles. The summed E-state index contributed by atoms with van der Waals surface area (Å²) in [6.45, 7) is 2.97. The number of aryl methyl sites for hydroxylation is 1. The number of hydrogen-bond acceptors (Lipinski definition) is 3. The van der Waals surface area contributed by atoms with Gasteiger partial charge in [-0.15, -0.1) is 11.3 Å². The zero-order valence-electron chi connectivity index (χ0n) is 10.2. The summed E-state index contributed by atoms with van der Waals surface area (Å²) in [5.41, 5.74) is 5.45. The smallest absolute Gasteiger partial charge is 0.222 e. The number of nitrogens with two attached hydrogens (primary N) is 1. The molecule has 0 aliphatic heterocycles. The summed E-state index contributed by atoms with van der Waals surface area (Å²) in [5.74, 6) is -0.130. The summed E-state index contributed by atoms with van der Waals surface area (Å²) in [5, 5.41) is 3.49. The molecule has 1 fully saturated rings. The van der Waals surface area contributed by atoms with Crippen molar-refractivity contribution in [1.29, 1.82) is 0 Å². The minimum atomic E-state index is -0.149. The predicted octanol–water partition coefficient (Wildman–Crippen LogP) is 2.19. The molecule has 1 saturated carbocycles. The fourth-order valence-corrected chi connectivity index (χ4v) is 3.37. The highest BCUT2D eigenvalue weighted by molar-refractivity contribution is 7.11. The van der Waals surface area contributed by atoms with E-state index in [9.17, 15) is 4.79 Å². The number of amides is 1. The molecule has 0 aromatic carbocycles. The number of carbonyl (C=O) groups is 1. The van der Waals surface area contributed by atoms with Crippen LogP contribution in [0.1, 0.15) is 35.4 Å². The average Bonchev–Trinajstić information content (AvgIpc) is 2.73. The summed E-state index contributed by atoms with van der Waals surface area (Å²) in [4.78, 5) is 14.0. The van der Waals surface area contributed by atoms with E-state index in [1.165, 1.54) is 16.2 Å². The second kappa shape index (κ2) is 5.65. The van der Waals surface area contributed by atoms with Crippen LogP contribution in [0.3, 0.4) is 0 Å². The van der Waals surface area contributed by atoms with Crippen LogP contribution >= 0.6 is 11.3 Å². The SMILES string of the molecule is Cc1ccc(CN[C@@H]2CCCC[C@@H]2C(N)=O)s1. The first kappa shape index (κ1) is 12.6. The maximum absolute atomic E-state index is 11.4. The molecule has 0 bridgehead atoms. The average molecular weight is 252 g/mol. The zero-order chi connectivity index (χ0) is 12.3. The van der Waals surface area contributed by atoms with E-state index in [0.29, 0.717) is 0 Å². The number of hydrogen-bond donors (Lipinski definition) is 2. The van der Waals surface area contributed by atoms with Gasteiger partial charge in [0.25, 0.3) is 0 Å². The van der Waals surface area contributed by atoms with Crippen molar-refractivity contribution in [2.45, 2.75) is 45.2 Å². The first-order valence-corrected chi connectivity index (χ1v) is 7.06. The minimum Gasteiger partial charge on any atom is -0.369 e. The van der Waals surface area contributed by atoms with Crippen molar-refractivity contribution in [3.8, 4) is 0 Å². The maximum Gasteiger partial charge on any atom is 0.222 e. The van der Waals surface area contributed by atoms with Gasteiger partial charge in [-0.1, -0.05) is 12.8 Å². The Balaban J connectivity index is 1.90. The Bertz CT molecular complexity index is 389. The maximum atomic E-state index is 11.4. The summed E-state index contributed by atoms with van der Waals surface area (Å²) >= 11 is 1.81. The van der Waals surface area contributed by atoms with Crippen LogP contribution in [0.15, 0.2) is 12.1 Å². The third-order valence-corrected chi connectivity index (χ3v) is 4.47. The molecule has 3 N–H and O–H groups in total. The van der Waals surface area contributed by atoms with Gasteiger partial charge in [0.1, 0.15) is 0 Å². The summed E-state index contributed by atoms with van der Waals surface area (Å²) in [6.07, 6.45) is 4.34. The van der Waals surface area contributed by atoms with Crippen molar-refractivity contribution in [3.05, 3.63) is 21.9 Å². The summed E-state index contributed by atoms with van der Waals surface area (Å²) in [6, 6.07) is 4.55. The van der Waals surface area contributed by atoms with Gasteiger partial charge in [-0.2, -0.15) is 0 Å². The standard InChI is InChI=1S/C13H20N2OS/c1-9-6-7-10(17-9)8-15-12-5-3-2-4-11(12)13(14)16/h6-7,11-12,15H,2-5,8H2,1H3,(H2,14,16)/t11-,12+/m0/s1. The highest BCUT2D eigenvalue weighted by Crippen LogP contribution is 2.25. The molecule has 1 aliphatic rings. The molecule has 1 aromatic rings. The molecule has 0 radical (unpaired) electrons. The van der Waals surface area contributed by atoms with Crippen LogP contribution < -0.4 is 11.1 Å². The summed E-state index contributed by atoms with van der Waals surface area (Å²) in [7, 11) is 0. The van der Waals surface area contributed by atoms with E-state index < -0.39 is 0 Å². The Morgan fingerprint density at radius 1 is 1.47 bits per heavy atom. The number of thiophene rings is 1. The highest BCUT2D eigenvalue weighted by atomic mass is 32.1. The van der Waals surface area contributed by atoms with Gasteiger partial charge in [0.05, 0.1) is 5.92 Å². The van der Waals surface area contributed by atoms with Gasteiger partial charge < -0.3 is 11.1 Å². The molecule has 2 rings (SSSR count). The van der Waals surface area contributed by atoms with E-state index >= 15 is 0 Å². The van der Waals surface area contributed by atoms with E-state index in [1.807, 2.05) is 11.3 Å². The highest BCUT2D eigenvalue weighted by Gasteiger charge is 2.28. The third kappa shape index (κ3) is 3.30. The first-order chi connectivity index (χ1) is 8.16. The lowest BCUT2D eigenvalue weighted by molar-refractivity contribution is -0.123. The van der Waals surface area contributed by atoms with E-state index in [-0.39, 0.29) is 17.9 Å². The summed E-state index contributed by atoms with van der Waals surface area (Å²) < 4.78 is 0. The van der Waals surface area contributed by atoms with Crippen molar-refractivity contribution in [1.82, 2.24) is 5.32 Å². The van der Waals surface area contributed by atoms with E-state index in [4.69, 9.17) is 5.73 Å². The Hall–Kier alpha value is -0.870. The second-order valence-corrected chi connectivity index (χ2v) is 6.17. The van der Waals surface area contributed by atoms with Crippen LogP contribution in [0.4, 0.5) is 0 Å². The van der Waals surface area contributed by atoms with Crippen molar-refractivity contribution < 1.29 is 4.79 Å². The lowest BCUT2D eigenvalue weighted by atomic mass is 9.84. The Morgan fingerprint density at radius 2 is 2.24 bits per heavy atom. The Labute approximate surface area is 106 Å². The largest absolute Gasteiger partial charge is 0.369 e. The van der Waals surface area contributed by atoms with E-state index in [1.54, 1.807) is 0 Å². The molecule has 2 atom stereocenters. The van der Waals surface area contributed by atoms with E-state index in [0.717, 1.165) is 25.8 Å². The van der Waals surface area contributed by atoms with Gasteiger partial charge in [-0.05, 0) is 31.9 Å². The van der Waals surface area contributed by atoms with E-state index in [2.05, 4.69) is 24.4 Å². The number of nitrogens with one attached hydrogen (secondary N) is 1. The molecule has 17 heavy (non-hydrogen) atoms. The topological polar surface area (TPSA) is 55.1 Å². The van der Waals surface area contributed by atoms with Gasteiger partial charge in [0.15, 0.2) is 0 Å². The Kier molecular flexibility index (Phi) is 4.18. The quantitative estimate of drug-likeness (QED) is 0.863. The molecule has 4 heteroatoms. The van der Waals surface area contributed by atoms with Crippen molar-refractivity contribution in [2.75, 3.05) is 0 Å². The second-order valence-electron chi connectivity index (χ2n) is 4.79. The van der Waals surface area contributed by atoms with Crippen LogP contribution in [-0.2, 0) is 11.3 Å². The van der Waals surface area contributed by atoms with Crippen molar-refractivity contribution in [2.24, 2.45) is 11.7 Å². The van der Waals surface area contributed by atoms with Gasteiger partial charge >= 0.3 is 0 Å². The van der Waals surface area contributed by atoms with Crippen LogP contribution in [0, 0.1) is 12.8 Å². The fourth-order valence-electron chi connectivity index (χ4n) is 2.53. The number of primary amides is 1. The molecule has 94 valence electrons. The van der Waals surface area contributed by atoms with Crippen LogP contribution in [0.5, 0.6) is 0 Å². The molecule has 3 nitrogen and oxygen atoms in total.